The topological polar surface area (TPSA) is 60.8 Å². The van der Waals surface area contributed by atoms with Crippen LogP contribution in [0.3, 0.4) is 0 Å². The Morgan fingerprint density at radius 1 is 1.52 bits per heavy atom. The third-order valence-corrected chi connectivity index (χ3v) is 4.07. The van der Waals surface area contributed by atoms with Crippen LogP contribution < -0.4 is 0 Å². The van der Waals surface area contributed by atoms with Crippen LogP contribution in [-0.4, -0.2) is 45.8 Å². The molecule has 2 rings (SSSR count). The number of hydrogen-bond acceptors (Lipinski definition) is 2. The summed E-state index contributed by atoms with van der Waals surface area (Å²) < 4.78 is 28.4. The van der Waals surface area contributed by atoms with Gasteiger partial charge in [0.1, 0.15) is 5.60 Å². The molecule has 0 spiro atoms. The summed E-state index contributed by atoms with van der Waals surface area (Å²) in [5.41, 5.74) is -1.44. The van der Waals surface area contributed by atoms with Gasteiger partial charge in [-0.1, -0.05) is 29.5 Å². The summed E-state index contributed by atoms with van der Waals surface area (Å²) >= 11 is 5.82. The fourth-order valence-corrected chi connectivity index (χ4v) is 2.84. The van der Waals surface area contributed by atoms with Crippen LogP contribution in [0.1, 0.15) is 18.9 Å². The highest BCUT2D eigenvalue weighted by molar-refractivity contribution is 6.30. The van der Waals surface area contributed by atoms with Gasteiger partial charge >= 0.3 is 6.09 Å². The lowest BCUT2D eigenvalue weighted by Gasteiger charge is -2.41. The molecule has 1 saturated heterocycles. The first kappa shape index (κ1) is 17.5. The van der Waals surface area contributed by atoms with E-state index in [4.69, 9.17) is 16.7 Å². The number of aliphatic hydroxyl groups is 1. The van der Waals surface area contributed by atoms with Crippen LogP contribution in [0.5, 0.6) is 0 Å². The van der Waals surface area contributed by atoms with Crippen LogP contribution in [0.25, 0.3) is 0 Å². The third-order valence-electron chi connectivity index (χ3n) is 3.83. The van der Waals surface area contributed by atoms with Crippen molar-refractivity contribution >= 4 is 17.7 Å². The van der Waals surface area contributed by atoms with Gasteiger partial charge in [0, 0.05) is 17.1 Å². The molecule has 1 aromatic carbocycles. The van der Waals surface area contributed by atoms with Crippen molar-refractivity contribution in [1.82, 2.24) is 4.90 Å². The molecule has 2 unspecified atom stereocenters. The van der Waals surface area contributed by atoms with Crippen LogP contribution in [0, 0.1) is 17.8 Å². The molecule has 23 heavy (non-hydrogen) atoms. The zero-order valence-electron chi connectivity index (χ0n) is 12.4. The largest absolute Gasteiger partial charge is 0.465 e. The molecule has 1 aliphatic rings. The smallest absolute Gasteiger partial charge is 0.407 e. The highest BCUT2D eigenvalue weighted by Crippen LogP contribution is 2.39. The second-order valence-corrected chi connectivity index (χ2v) is 6.15. The van der Waals surface area contributed by atoms with E-state index in [0.717, 1.165) is 0 Å². The minimum Gasteiger partial charge on any atom is -0.465 e. The lowest BCUT2D eigenvalue weighted by Crippen LogP contribution is -2.56. The van der Waals surface area contributed by atoms with Gasteiger partial charge in [0.2, 0.25) is 0 Å². The molecule has 1 amide bonds. The Kier molecular flexibility index (Phi) is 4.83. The van der Waals surface area contributed by atoms with Crippen molar-refractivity contribution in [2.45, 2.75) is 24.9 Å². The first-order chi connectivity index (χ1) is 10.6. The number of halogens is 3. The van der Waals surface area contributed by atoms with Gasteiger partial charge < -0.3 is 15.1 Å². The molecule has 1 heterocycles. The molecule has 2 N–H and O–H groups in total. The first-order valence-corrected chi connectivity index (χ1v) is 7.36. The van der Waals surface area contributed by atoms with E-state index >= 15 is 0 Å². The van der Waals surface area contributed by atoms with Crippen LogP contribution in [0.2, 0.25) is 5.02 Å². The summed E-state index contributed by atoms with van der Waals surface area (Å²) in [6.45, 7) is 0.214. The van der Waals surface area contributed by atoms with Gasteiger partial charge in [-0.25, -0.2) is 13.6 Å². The van der Waals surface area contributed by atoms with Crippen molar-refractivity contribution < 1.29 is 23.8 Å². The van der Waals surface area contributed by atoms with Crippen LogP contribution in [0.4, 0.5) is 13.6 Å². The molecule has 2 atom stereocenters. The predicted octanol–water partition coefficient (Wildman–Crippen LogP) is 3.08. The molecule has 1 fully saturated rings. The molecule has 1 aliphatic heterocycles. The monoisotopic (exact) mass is 343 g/mol. The zero-order valence-corrected chi connectivity index (χ0v) is 13.1. The third kappa shape index (κ3) is 4.12. The maximum Gasteiger partial charge on any atom is 0.407 e. The number of likely N-dealkylation sites (tertiary alicyclic amines) is 1. The van der Waals surface area contributed by atoms with Gasteiger partial charge in [-0.2, -0.15) is 0 Å². The second-order valence-electron chi connectivity index (χ2n) is 5.71. The minimum absolute atomic E-state index is 0.0649. The van der Waals surface area contributed by atoms with Crippen molar-refractivity contribution in [2.24, 2.45) is 5.92 Å². The van der Waals surface area contributed by atoms with Gasteiger partial charge in [0.05, 0.1) is 12.5 Å². The molecule has 0 saturated carbocycles. The van der Waals surface area contributed by atoms with E-state index in [0.29, 0.717) is 15.5 Å². The Hall–Kier alpha value is -1.84. The van der Waals surface area contributed by atoms with Crippen molar-refractivity contribution in [3.05, 3.63) is 34.9 Å². The number of amides is 1. The van der Waals surface area contributed by atoms with Crippen molar-refractivity contribution in [3.63, 3.8) is 0 Å². The number of carbonyl (C=O) groups is 1. The molecule has 0 aliphatic carbocycles. The summed E-state index contributed by atoms with van der Waals surface area (Å²) in [5.74, 6) is 0.315. The van der Waals surface area contributed by atoms with E-state index in [1.54, 1.807) is 24.3 Å². The average molecular weight is 344 g/mol. The Bertz CT molecular complexity index is 667. The summed E-state index contributed by atoms with van der Waals surface area (Å²) in [5, 5.41) is 19.7. The Labute approximate surface area is 137 Å². The summed E-state index contributed by atoms with van der Waals surface area (Å²) in [4.78, 5) is 11.5. The van der Waals surface area contributed by atoms with Crippen LogP contribution in [-0.2, 0) is 0 Å². The first-order valence-electron chi connectivity index (χ1n) is 6.98. The summed E-state index contributed by atoms with van der Waals surface area (Å²) in [6, 6.07) is 6.54. The molecule has 1 aromatic rings. The SMILES string of the molecule is CC(O)(C#Cc1cccc(Cl)c1)C1CCN(C(=O)O)CC1(F)F. The fourth-order valence-electron chi connectivity index (χ4n) is 2.65. The zero-order chi connectivity index (χ0) is 17.3. The molecular formula is C16H16ClF2NO3. The number of alkyl halides is 2. The van der Waals surface area contributed by atoms with E-state index < -0.39 is 30.1 Å². The number of nitrogens with zero attached hydrogens (tertiary/aromatic N) is 1. The van der Waals surface area contributed by atoms with Crippen molar-refractivity contribution in [1.29, 1.82) is 0 Å². The Balaban J connectivity index is 2.21. The van der Waals surface area contributed by atoms with Gasteiger partial charge in [-0.3, -0.25) is 0 Å². The molecule has 0 bridgehead atoms. The minimum atomic E-state index is -3.36. The Morgan fingerprint density at radius 3 is 2.78 bits per heavy atom. The van der Waals surface area contributed by atoms with Crippen molar-refractivity contribution in [2.75, 3.05) is 13.1 Å². The quantitative estimate of drug-likeness (QED) is 0.770. The van der Waals surface area contributed by atoms with Gasteiger partial charge in [0.15, 0.2) is 0 Å². The highest BCUT2D eigenvalue weighted by Gasteiger charge is 2.53. The predicted molar refractivity (Wildman–Crippen MR) is 81.6 cm³/mol. The van der Waals surface area contributed by atoms with Crippen LogP contribution >= 0.6 is 11.6 Å². The molecule has 124 valence electrons. The average Bonchev–Trinajstić information content (AvgIpc) is 2.44. The summed E-state index contributed by atoms with van der Waals surface area (Å²) in [7, 11) is 0. The van der Waals surface area contributed by atoms with Crippen LogP contribution in [0.15, 0.2) is 24.3 Å². The van der Waals surface area contributed by atoms with E-state index in [-0.39, 0.29) is 13.0 Å². The maximum absolute atomic E-state index is 14.2. The van der Waals surface area contributed by atoms with Crippen molar-refractivity contribution in [3.8, 4) is 11.8 Å². The molecule has 0 radical (unpaired) electrons. The number of carboxylic acid groups (broad SMARTS) is 1. The number of benzene rings is 1. The molecule has 0 aromatic heterocycles. The van der Waals surface area contributed by atoms with E-state index in [1.165, 1.54) is 6.92 Å². The number of rotatable bonds is 1. The van der Waals surface area contributed by atoms with Gasteiger partial charge in [0.25, 0.3) is 5.92 Å². The standard InChI is InChI=1S/C16H16ClF2NO3/c1-15(23,7-5-11-3-2-4-12(17)9-11)13-6-8-20(14(21)22)10-16(13,18)19/h2-4,9,13,23H,6,8,10H2,1H3,(H,21,22). The lowest BCUT2D eigenvalue weighted by molar-refractivity contribution is -0.155. The number of piperidine rings is 1. The normalized spacial score (nSPS) is 22.7. The van der Waals surface area contributed by atoms with E-state index in [1.807, 2.05) is 0 Å². The molecule has 7 heteroatoms. The Morgan fingerprint density at radius 2 is 2.22 bits per heavy atom. The molecule has 4 nitrogen and oxygen atoms in total. The lowest BCUT2D eigenvalue weighted by atomic mass is 9.79. The highest BCUT2D eigenvalue weighted by atomic mass is 35.5. The van der Waals surface area contributed by atoms with E-state index in [2.05, 4.69) is 11.8 Å². The second kappa shape index (κ2) is 6.34. The number of hydrogen-bond donors (Lipinski definition) is 2. The fraction of sp³-hybridized carbons (Fsp3) is 0.438. The van der Waals surface area contributed by atoms with E-state index in [9.17, 15) is 18.7 Å². The van der Waals surface area contributed by atoms with Gasteiger partial charge in [-0.15, -0.1) is 0 Å². The summed E-state index contributed by atoms with van der Waals surface area (Å²) in [6.07, 6.45) is -1.57. The maximum atomic E-state index is 14.2. The van der Waals surface area contributed by atoms with Gasteiger partial charge in [-0.05, 0) is 31.5 Å². The molecular weight excluding hydrogens is 328 g/mol.